The maximum absolute atomic E-state index is 7.83. The van der Waals surface area contributed by atoms with Crippen LogP contribution in [0.15, 0.2) is 249 Å². The van der Waals surface area contributed by atoms with Gasteiger partial charge in [-0.1, -0.05) is 147 Å². The van der Waals surface area contributed by atoms with Gasteiger partial charge in [0.05, 0.1) is 22.7 Å². The molecule has 87 heavy (non-hydrogen) atoms. The molecular formula is C79H90N8+2. The average molecular weight is 1160 g/mol. The van der Waals surface area contributed by atoms with E-state index in [1.54, 1.807) is 6.92 Å². The molecule has 0 aliphatic carbocycles. The van der Waals surface area contributed by atoms with Gasteiger partial charge >= 0.3 is 0 Å². The highest BCUT2D eigenvalue weighted by Crippen LogP contribution is 2.45. The van der Waals surface area contributed by atoms with Crippen molar-refractivity contribution in [1.29, 1.82) is 0 Å². The van der Waals surface area contributed by atoms with Crippen LogP contribution in [-0.2, 0) is 26.9 Å². The van der Waals surface area contributed by atoms with Crippen LogP contribution < -0.4 is 38.5 Å². The van der Waals surface area contributed by atoms with Crippen LogP contribution in [0.3, 0.4) is 0 Å². The molecule has 0 radical (unpaired) electrons. The molecule has 3 unspecified atom stereocenters. The lowest BCUT2D eigenvalue weighted by molar-refractivity contribution is -0.660. The van der Waals surface area contributed by atoms with Gasteiger partial charge in [-0.2, -0.15) is 0 Å². The number of para-hydroxylation sites is 8. The molecule has 10 aromatic rings. The minimum absolute atomic E-state index is 0.254. The SMILES string of the molecule is CCc1ccc(-c2ccccc2C)[n+](C)c1.Cc1ccccc1N1C=CN(c2ccccc2)C1C.Cc1ccccc1N1c2ccccc2N(C)C1C.[2H]C([2H])(C)c1ccc(-c2ccccc2C)[n+](C)c1.[2H]C([2H])([2H])N1c2ccccc2N(c2ccccc2C)C1C. The van der Waals surface area contributed by atoms with Gasteiger partial charge in [0.1, 0.15) is 32.6 Å². The van der Waals surface area contributed by atoms with Gasteiger partial charge in [-0.25, -0.2) is 9.13 Å². The molecule has 13 rings (SSSR count). The summed E-state index contributed by atoms with van der Waals surface area (Å²) in [5.74, 6) is 0. The van der Waals surface area contributed by atoms with Crippen LogP contribution in [-0.4, -0.2) is 32.5 Å². The summed E-state index contributed by atoms with van der Waals surface area (Å²) in [6.45, 7) is 18.6. The highest BCUT2D eigenvalue weighted by Gasteiger charge is 2.33. The molecule has 3 atom stereocenters. The zero-order valence-corrected chi connectivity index (χ0v) is 53.2. The zero-order chi connectivity index (χ0) is 66.0. The van der Waals surface area contributed by atoms with E-state index in [2.05, 4.69) is 256 Å². The number of pyridine rings is 2. The molecule has 444 valence electrons. The van der Waals surface area contributed by atoms with E-state index < -0.39 is 13.3 Å². The van der Waals surface area contributed by atoms with Crippen molar-refractivity contribution in [3.63, 3.8) is 0 Å². The first-order valence-corrected chi connectivity index (χ1v) is 30.4. The first-order chi connectivity index (χ1) is 44.0. The lowest BCUT2D eigenvalue weighted by atomic mass is 10.0. The number of aromatic nitrogens is 2. The minimum atomic E-state index is -2.16. The average Bonchev–Trinajstić information content (AvgIpc) is 1.61. The Hall–Kier alpha value is -9.40. The maximum Gasteiger partial charge on any atom is 0.212 e. The van der Waals surface area contributed by atoms with Crippen LogP contribution in [0, 0.1) is 34.6 Å². The van der Waals surface area contributed by atoms with Crippen molar-refractivity contribution < 1.29 is 16.0 Å². The van der Waals surface area contributed by atoms with E-state index in [0.717, 1.165) is 34.7 Å². The number of anilines is 8. The maximum atomic E-state index is 7.83. The predicted molar refractivity (Wildman–Crippen MR) is 371 cm³/mol. The van der Waals surface area contributed by atoms with Crippen LogP contribution in [0.25, 0.3) is 22.5 Å². The summed E-state index contributed by atoms with van der Waals surface area (Å²) >= 11 is 0. The van der Waals surface area contributed by atoms with Crippen molar-refractivity contribution in [2.75, 3.05) is 43.4 Å². The van der Waals surface area contributed by atoms with E-state index in [1.807, 2.05) is 111 Å². The van der Waals surface area contributed by atoms with Crippen molar-refractivity contribution in [3.8, 4) is 22.5 Å². The molecule has 5 heterocycles. The normalized spacial score (nSPS) is 16.4. The van der Waals surface area contributed by atoms with E-state index in [9.17, 15) is 0 Å². The second-order valence-electron chi connectivity index (χ2n) is 22.6. The summed E-state index contributed by atoms with van der Waals surface area (Å²) in [4.78, 5) is 12.9. The molecule has 8 heteroatoms. The van der Waals surface area contributed by atoms with E-state index in [-0.39, 0.29) is 6.17 Å². The molecule has 0 N–H and O–H groups in total. The molecule has 2 aromatic heterocycles. The summed E-state index contributed by atoms with van der Waals surface area (Å²) in [5, 5.41) is 0. The van der Waals surface area contributed by atoms with E-state index in [0.29, 0.717) is 17.9 Å². The minimum Gasteiger partial charge on any atom is -0.353 e. The van der Waals surface area contributed by atoms with Crippen LogP contribution >= 0.6 is 0 Å². The lowest BCUT2D eigenvalue weighted by Crippen LogP contribution is -2.36. The Balaban J connectivity index is 0.000000136. The zero-order valence-electron chi connectivity index (χ0n) is 58.2. The fourth-order valence-electron chi connectivity index (χ4n) is 11.7. The van der Waals surface area contributed by atoms with Gasteiger partial charge < -0.3 is 29.4 Å². The molecular weight excluding hydrogens is 1060 g/mol. The van der Waals surface area contributed by atoms with Crippen LogP contribution in [0.4, 0.5) is 45.5 Å². The number of fused-ring (bicyclic) bond motifs is 2. The molecule has 0 amide bonds. The Morgan fingerprint density at radius 3 is 1.18 bits per heavy atom. The summed E-state index contributed by atoms with van der Waals surface area (Å²) in [6, 6.07) is 76.9. The number of hydrogen-bond donors (Lipinski definition) is 0. The highest BCUT2D eigenvalue weighted by molar-refractivity contribution is 5.85. The van der Waals surface area contributed by atoms with Crippen LogP contribution in [0.2, 0.25) is 0 Å². The lowest BCUT2D eigenvalue weighted by Gasteiger charge is -2.30. The summed E-state index contributed by atoms with van der Waals surface area (Å²) in [7, 11) is 6.22. The largest absolute Gasteiger partial charge is 0.353 e. The number of rotatable bonds is 8. The van der Waals surface area contributed by atoms with Crippen molar-refractivity contribution in [1.82, 2.24) is 0 Å². The fourth-order valence-corrected chi connectivity index (χ4v) is 11.7. The standard InChI is InChI=1S/C17H18N2.2C16H18N2.2C15H18N/c1-14-8-6-7-11-17(14)19-13-12-18(15(19)2)16-9-4-3-5-10-16;2*1-12-8-4-5-9-14(12)18-13(2)17(3)15-10-6-7-11-16(15)18;2*1-4-13-9-10-15(16(3)11-13)14-8-6-5-7-12(14)2/h3-13,15H,1-2H3;2*4-11,13H,1-3H3;2*5-11H,4H2,1-3H3/q;;;2*+1/i;3D3;;4D2;. The Kier molecular flexibility index (Phi) is 18.3. The number of nitrogens with zero attached hydrogens (tertiary/aromatic N) is 8. The molecule has 3 aliphatic heterocycles. The Bertz CT molecular complexity index is 4140. The second-order valence-corrected chi connectivity index (χ2v) is 22.6. The topological polar surface area (TPSA) is 27.2 Å². The first kappa shape index (κ1) is 55.5. The summed E-state index contributed by atoms with van der Waals surface area (Å²) in [5.41, 5.74) is 22.4. The third-order valence-corrected chi connectivity index (χ3v) is 16.9. The number of benzene rings is 8. The van der Waals surface area contributed by atoms with E-state index >= 15 is 0 Å². The molecule has 3 aliphatic rings. The van der Waals surface area contributed by atoms with E-state index in [1.165, 1.54) is 78.0 Å². The second kappa shape index (κ2) is 28.7. The monoisotopic (exact) mass is 1160 g/mol. The van der Waals surface area contributed by atoms with E-state index in [4.69, 9.17) is 6.85 Å². The van der Waals surface area contributed by atoms with Gasteiger partial charge in [0, 0.05) is 90.4 Å². The third kappa shape index (κ3) is 14.0. The molecule has 8 aromatic carbocycles. The van der Waals surface area contributed by atoms with Crippen LogP contribution in [0.1, 0.15) is 80.4 Å². The molecule has 0 saturated carbocycles. The summed E-state index contributed by atoms with van der Waals surface area (Å²) in [6.07, 6.45) is 8.54. The van der Waals surface area contributed by atoms with Crippen molar-refractivity contribution in [2.24, 2.45) is 14.1 Å². The number of aryl methyl sites for hydroxylation is 9. The Morgan fingerprint density at radius 2 is 0.747 bits per heavy atom. The van der Waals surface area contributed by atoms with Crippen LogP contribution in [0.5, 0.6) is 0 Å². The quantitative estimate of drug-likeness (QED) is 0.141. The molecule has 8 nitrogen and oxygen atoms in total. The molecule has 0 bridgehead atoms. The Morgan fingerprint density at radius 1 is 0.379 bits per heavy atom. The van der Waals surface area contributed by atoms with Gasteiger partial charge in [-0.3, -0.25) is 0 Å². The Labute approximate surface area is 527 Å². The van der Waals surface area contributed by atoms with Gasteiger partial charge in [-0.05, 0) is 175 Å². The molecule has 0 fully saturated rings. The first-order valence-electron chi connectivity index (χ1n) is 32.9. The summed E-state index contributed by atoms with van der Waals surface area (Å²) < 4.78 is 43.2. The van der Waals surface area contributed by atoms with Crippen molar-refractivity contribution in [3.05, 3.63) is 288 Å². The molecule has 0 spiro atoms. The fraction of sp³-hybridized carbons (Fsp3) is 0.241. The van der Waals surface area contributed by atoms with Gasteiger partial charge in [0.2, 0.25) is 11.4 Å². The third-order valence-electron chi connectivity index (χ3n) is 16.9. The molecule has 0 saturated heterocycles. The predicted octanol–water partition coefficient (Wildman–Crippen LogP) is 18.1. The highest BCUT2D eigenvalue weighted by atomic mass is 15.4. The van der Waals surface area contributed by atoms with Gasteiger partial charge in [0.15, 0.2) is 12.4 Å². The number of hydrogen-bond acceptors (Lipinski definition) is 6. The van der Waals surface area contributed by atoms with Gasteiger partial charge in [-0.15, -0.1) is 0 Å². The van der Waals surface area contributed by atoms with Crippen molar-refractivity contribution in [2.45, 2.75) is 101 Å². The smallest absolute Gasteiger partial charge is 0.212 e. The van der Waals surface area contributed by atoms with Gasteiger partial charge in [0.25, 0.3) is 0 Å². The van der Waals surface area contributed by atoms with Crippen molar-refractivity contribution >= 4 is 45.5 Å².